The van der Waals surface area contributed by atoms with Crippen molar-refractivity contribution in [3.8, 4) is 5.75 Å². The van der Waals surface area contributed by atoms with Crippen LogP contribution in [0.3, 0.4) is 0 Å². The molecule has 27 heavy (non-hydrogen) atoms. The normalized spacial score (nSPS) is 17.6. The van der Waals surface area contributed by atoms with E-state index in [4.69, 9.17) is 9.47 Å². The molecule has 3 rings (SSSR count). The molecule has 0 bridgehead atoms. The Morgan fingerprint density at radius 3 is 2.59 bits per heavy atom. The van der Waals surface area contributed by atoms with Crippen molar-refractivity contribution in [1.82, 2.24) is 4.90 Å². The number of hydrogen-bond acceptors (Lipinski definition) is 3. The van der Waals surface area contributed by atoms with E-state index in [1.165, 1.54) is 18.2 Å². The third-order valence-electron chi connectivity index (χ3n) is 4.20. The molecule has 1 fully saturated rings. The first-order chi connectivity index (χ1) is 12.8. The van der Waals surface area contributed by atoms with E-state index in [0.717, 1.165) is 16.1 Å². The highest BCUT2D eigenvalue weighted by molar-refractivity contribution is 9.10. The number of nitrogens with zero attached hydrogens (tertiary/aromatic N) is 1. The number of carbonyl (C=O) groups excluding carboxylic acids is 1. The summed E-state index contributed by atoms with van der Waals surface area (Å²) in [4.78, 5) is 14.0. The summed E-state index contributed by atoms with van der Waals surface area (Å²) in [6, 6.07) is 12.4. The van der Waals surface area contributed by atoms with Crippen LogP contribution in [0.4, 0.5) is 13.2 Å². The number of ether oxygens (including phenoxy) is 2. The van der Waals surface area contributed by atoms with E-state index < -0.39 is 18.3 Å². The molecule has 0 aromatic heterocycles. The molecule has 8 heteroatoms. The van der Waals surface area contributed by atoms with Gasteiger partial charge in [0.25, 0.3) is 5.91 Å². The van der Waals surface area contributed by atoms with Crippen LogP contribution in [0.5, 0.6) is 5.75 Å². The Kier molecular flexibility index (Phi) is 6.06. The van der Waals surface area contributed by atoms with Gasteiger partial charge in [0, 0.05) is 11.0 Å². The van der Waals surface area contributed by atoms with Crippen LogP contribution in [0.2, 0.25) is 0 Å². The van der Waals surface area contributed by atoms with Gasteiger partial charge in [-0.3, -0.25) is 4.79 Å². The minimum absolute atomic E-state index is 0.279. The number of morpholine rings is 1. The molecule has 1 heterocycles. The summed E-state index contributed by atoms with van der Waals surface area (Å²) in [5.41, 5.74) is 0.0338. The number of rotatable bonds is 4. The number of carbonyl (C=O) groups is 1. The van der Waals surface area contributed by atoms with Crippen molar-refractivity contribution in [2.45, 2.75) is 12.3 Å². The lowest BCUT2D eigenvalue weighted by atomic mass is 10.1. The van der Waals surface area contributed by atoms with Crippen LogP contribution in [0.15, 0.2) is 53.0 Å². The van der Waals surface area contributed by atoms with Gasteiger partial charge in [0.15, 0.2) is 6.61 Å². The molecule has 2 aromatic rings. The number of benzene rings is 2. The molecule has 2 aromatic carbocycles. The van der Waals surface area contributed by atoms with E-state index in [9.17, 15) is 18.0 Å². The number of hydrogen-bond donors (Lipinski definition) is 0. The Hall–Kier alpha value is -2.06. The fourth-order valence-electron chi connectivity index (χ4n) is 2.81. The van der Waals surface area contributed by atoms with Crippen LogP contribution in [0, 0.1) is 0 Å². The van der Waals surface area contributed by atoms with Crippen molar-refractivity contribution in [2.75, 3.05) is 26.3 Å². The fraction of sp³-hybridized carbons (Fsp3) is 0.316. The van der Waals surface area contributed by atoms with Crippen molar-refractivity contribution in [1.29, 1.82) is 0 Å². The largest absolute Gasteiger partial charge is 0.483 e. The average molecular weight is 444 g/mol. The summed E-state index contributed by atoms with van der Waals surface area (Å²) in [6.07, 6.45) is -4.82. The van der Waals surface area contributed by atoms with Crippen molar-refractivity contribution >= 4 is 21.8 Å². The predicted octanol–water partition coefficient (Wildman–Crippen LogP) is 4.45. The minimum Gasteiger partial charge on any atom is -0.483 e. The van der Waals surface area contributed by atoms with E-state index in [1.54, 1.807) is 4.90 Å². The Labute approximate surface area is 163 Å². The zero-order chi connectivity index (χ0) is 19.4. The first kappa shape index (κ1) is 19.7. The second kappa shape index (κ2) is 8.31. The molecule has 1 atom stereocenters. The van der Waals surface area contributed by atoms with E-state index in [0.29, 0.717) is 19.7 Å². The van der Waals surface area contributed by atoms with Crippen LogP contribution < -0.4 is 4.74 Å². The number of amides is 1. The molecule has 0 radical (unpaired) electrons. The molecule has 0 spiro atoms. The van der Waals surface area contributed by atoms with Crippen LogP contribution in [0.1, 0.15) is 17.2 Å². The highest BCUT2D eigenvalue weighted by Gasteiger charge is 2.34. The summed E-state index contributed by atoms with van der Waals surface area (Å²) in [5, 5.41) is 0. The van der Waals surface area contributed by atoms with Crippen LogP contribution >= 0.6 is 15.9 Å². The molecule has 1 saturated heterocycles. The quantitative estimate of drug-likeness (QED) is 0.700. The molecule has 0 aliphatic carbocycles. The third kappa shape index (κ3) is 5.01. The molecule has 0 N–H and O–H groups in total. The van der Waals surface area contributed by atoms with Crippen molar-refractivity contribution in [3.05, 3.63) is 64.1 Å². The first-order valence-electron chi connectivity index (χ1n) is 8.28. The summed E-state index contributed by atoms with van der Waals surface area (Å²) in [6.45, 7) is 0.590. The van der Waals surface area contributed by atoms with Crippen LogP contribution in [0.25, 0.3) is 0 Å². The second-order valence-corrected chi connectivity index (χ2v) is 6.95. The van der Waals surface area contributed by atoms with E-state index in [1.807, 2.05) is 24.3 Å². The molecule has 4 nitrogen and oxygen atoms in total. The minimum atomic E-state index is -4.54. The molecule has 0 saturated carbocycles. The summed E-state index contributed by atoms with van der Waals surface area (Å²) < 4.78 is 50.8. The van der Waals surface area contributed by atoms with E-state index in [2.05, 4.69) is 15.9 Å². The molecule has 144 valence electrons. The Morgan fingerprint density at radius 2 is 1.89 bits per heavy atom. The SMILES string of the molecule is O=C(COc1ccccc1C(F)(F)F)N1CCOC(c2ccc(Br)cc2)C1. The molecule has 1 aliphatic heterocycles. The number of alkyl halides is 3. The topological polar surface area (TPSA) is 38.8 Å². The zero-order valence-corrected chi connectivity index (χ0v) is 15.8. The van der Waals surface area contributed by atoms with Crippen LogP contribution in [-0.2, 0) is 15.7 Å². The van der Waals surface area contributed by atoms with Gasteiger partial charge >= 0.3 is 6.18 Å². The fourth-order valence-corrected chi connectivity index (χ4v) is 3.08. The third-order valence-corrected chi connectivity index (χ3v) is 4.73. The maximum atomic E-state index is 13.0. The highest BCUT2D eigenvalue weighted by atomic mass is 79.9. The monoisotopic (exact) mass is 443 g/mol. The lowest BCUT2D eigenvalue weighted by Crippen LogP contribution is -2.44. The Morgan fingerprint density at radius 1 is 1.19 bits per heavy atom. The van der Waals surface area contributed by atoms with Gasteiger partial charge in [-0.25, -0.2) is 0 Å². The van der Waals surface area contributed by atoms with Crippen molar-refractivity contribution in [2.24, 2.45) is 0 Å². The number of para-hydroxylation sites is 1. The summed E-state index contributed by atoms with van der Waals surface area (Å²) >= 11 is 3.37. The zero-order valence-electron chi connectivity index (χ0n) is 14.2. The van der Waals surface area contributed by atoms with Gasteiger partial charge < -0.3 is 14.4 Å². The summed E-state index contributed by atoms with van der Waals surface area (Å²) in [7, 11) is 0. The Bertz CT molecular complexity index is 796. The maximum Gasteiger partial charge on any atom is 0.419 e. The van der Waals surface area contributed by atoms with Gasteiger partial charge in [-0.15, -0.1) is 0 Å². The summed E-state index contributed by atoms with van der Waals surface area (Å²) in [5.74, 6) is -0.728. The predicted molar refractivity (Wildman–Crippen MR) is 96.4 cm³/mol. The van der Waals surface area contributed by atoms with Gasteiger partial charge in [-0.1, -0.05) is 40.2 Å². The lowest BCUT2D eigenvalue weighted by molar-refractivity contribution is -0.144. The van der Waals surface area contributed by atoms with Crippen molar-refractivity contribution in [3.63, 3.8) is 0 Å². The van der Waals surface area contributed by atoms with Gasteiger partial charge in [-0.05, 0) is 29.8 Å². The van der Waals surface area contributed by atoms with Gasteiger partial charge in [0.2, 0.25) is 0 Å². The average Bonchev–Trinajstić information content (AvgIpc) is 2.66. The van der Waals surface area contributed by atoms with Crippen molar-refractivity contribution < 1.29 is 27.4 Å². The molecular weight excluding hydrogens is 427 g/mol. The molecule has 1 aliphatic rings. The molecule has 1 amide bonds. The Balaban J connectivity index is 1.62. The second-order valence-electron chi connectivity index (χ2n) is 6.03. The van der Waals surface area contributed by atoms with Gasteiger partial charge in [0.1, 0.15) is 11.9 Å². The van der Waals surface area contributed by atoms with Crippen LogP contribution in [-0.4, -0.2) is 37.1 Å². The maximum absolute atomic E-state index is 13.0. The molecule has 1 unspecified atom stereocenters. The van der Waals surface area contributed by atoms with Gasteiger partial charge in [0.05, 0.1) is 18.7 Å². The standard InChI is InChI=1S/C19H17BrF3NO3/c20-14-7-5-13(6-8-14)17-11-24(9-10-26-17)18(25)12-27-16-4-2-1-3-15(16)19(21,22)23/h1-8,17H,9-12H2. The van der Waals surface area contributed by atoms with E-state index in [-0.39, 0.29) is 17.8 Å². The molecular formula is C19H17BrF3NO3. The lowest BCUT2D eigenvalue weighted by Gasteiger charge is -2.33. The first-order valence-corrected chi connectivity index (χ1v) is 9.08. The van der Waals surface area contributed by atoms with Gasteiger partial charge in [-0.2, -0.15) is 13.2 Å². The number of halogens is 4. The highest BCUT2D eigenvalue weighted by Crippen LogP contribution is 2.36. The van der Waals surface area contributed by atoms with E-state index >= 15 is 0 Å². The smallest absolute Gasteiger partial charge is 0.419 e.